The van der Waals surface area contributed by atoms with Gasteiger partial charge in [0.25, 0.3) is 0 Å². The molecule has 16 heavy (non-hydrogen) atoms. The quantitative estimate of drug-likeness (QED) is 0.769. The van der Waals surface area contributed by atoms with Gasteiger partial charge in [-0.1, -0.05) is 19.3 Å². The Morgan fingerprint density at radius 3 is 2.25 bits per heavy atom. The SMILES string of the molecule is CNc1ccc(NSC2CCCCC2)cc1. The Morgan fingerprint density at radius 1 is 1.00 bits per heavy atom. The maximum absolute atomic E-state index is 3.45. The summed E-state index contributed by atoms with van der Waals surface area (Å²) in [5.41, 5.74) is 2.36. The van der Waals surface area contributed by atoms with E-state index in [9.17, 15) is 0 Å². The number of nitrogens with one attached hydrogen (secondary N) is 2. The van der Waals surface area contributed by atoms with Crippen LogP contribution in [-0.2, 0) is 0 Å². The molecule has 2 nitrogen and oxygen atoms in total. The van der Waals surface area contributed by atoms with Crippen molar-refractivity contribution in [2.75, 3.05) is 17.1 Å². The van der Waals surface area contributed by atoms with Crippen molar-refractivity contribution in [1.29, 1.82) is 0 Å². The summed E-state index contributed by atoms with van der Waals surface area (Å²) in [6, 6.07) is 8.46. The molecule has 0 unspecified atom stereocenters. The van der Waals surface area contributed by atoms with Crippen molar-refractivity contribution in [3.05, 3.63) is 24.3 Å². The number of rotatable bonds is 4. The van der Waals surface area contributed by atoms with E-state index in [1.54, 1.807) is 0 Å². The van der Waals surface area contributed by atoms with Gasteiger partial charge >= 0.3 is 0 Å². The molecular formula is C13H20N2S. The largest absolute Gasteiger partial charge is 0.388 e. The lowest BCUT2D eigenvalue weighted by atomic mass is 10.0. The van der Waals surface area contributed by atoms with E-state index in [-0.39, 0.29) is 0 Å². The maximum Gasteiger partial charge on any atom is 0.0441 e. The van der Waals surface area contributed by atoms with Gasteiger partial charge in [0.05, 0.1) is 0 Å². The summed E-state index contributed by atoms with van der Waals surface area (Å²) in [5.74, 6) is 0. The highest BCUT2D eigenvalue weighted by Crippen LogP contribution is 2.29. The van der Waals surface area contributed by atoms with Crippen LogP contribution in [0.3, 0.4) is 0 Å². The average Bonchev–Trinajstić information content (AvgIpc) is 2.38. The lowest BCUT2D eigenvalue weighted by Gasteiger charge is -2.21. The van der Waals surface area contributed by atoms with Crippen LogP contribution < -0.4 is 10.0 Å². The van der Waals surface area contributed by atoms with E-state index < -0.39 is 0 Å². The first-order valence-electron chi connectivity index (χ1n) is 6.08. The van der Waals surface area contributed by atoms with E-state index in [1.165, 1.54) is 37.8 Å². The second kappa shape index (κ2) is 6.04. The molecule has 1 saturated carbocycles. The number of anilines is 2. The first-order chi connectivity index (χ1) is 7.88. The van der Waals surface area contributed by atoms with Crippen LogP contribution in [-0.4, -0.2) is 12.3 Å². The van der Waals surface area contributed by atoms with Gasteiger partial charge in [-0.15, -0.1) is 0 Å². The van der Waals surface area contributed by atoms with Gasteiger partial charge in [0.1, 0.15) is 0 Å². The molecule has 1 fully saturated rings. The molecular weight excluding hydrogens is 216 g/mol. The van der Waals surface area contributed by atoms with Crippen LogP contribution in [0.2, 0.25) is 0 Å². The Labute approximate surface area is 102 Å². The highest BCUT2D eigenvalue weighted by molar-refractivity contribution is 8.01. The van der Waals surface area contributed by atoms with Crippen LogP contribution in [0.1, 0.15) is 32.1 Å². The summed E-state index contributed by atoms with van der Waals surface area (Å²) >= 11 is 1.89. The van der Waals surface area contributed by atoms with Gasteiger partial charge in [0.2, 0.25) is 0 Å². The van der Waals surface area contributed by atoms with Crippen molar-refractivity contribution in [2.24, 2.45) is 0 Å². The van der Waals surface area contributed by atoms with Crippen LogP contribution in [0.5, 0.6) is 0 Å². The van der Waals surface area contributed by atoms with Gasteiger partial charge in [0, 0.05) is 23.7 Å². The molecule has 0 spiro atoms. The Bertz CT molecular complexity index is 304. The Hall–Kier alpha value is -0.830. The van der Waals surface area contributed by atoms with Crippen molar-refractivity contribution in [2.45, 2.75) is 37.4 Å². The Morgan fingerprint density at radius 2 is 1.62 bits per heavy atom. The minimum absolute atomic E-state index is 0.803. The molecule has 1 aliphatic carbocycles. The van der Waals surface area contributed by atoms with E-state index in [2.05, 4.69) is 34.3 Å². The molecule has 2 N–H and O–H groups in total. The van der Waals surface area contributed by atoms with Crippen LogP contribution in [0.25, 0.3) is 0 Å². The molecule has 0 aliphatic heterocycles. The molecule has 1 aliphatic rings. The molecule has 3 heteroatoms. The van der Waals surface area contributed by atoms with E-state index in [4.69, 9.17) is 0 Å². The lowest BCUT2D eigenvalue weighted by Crippen LogP contribution is -2.10. The van der Waals surface area contributed by atoms with Crippen molar-refractivity contribution >= 4 is 23.3 Å². The molecule has 0 bridgehead atoms. The number of hydrogen-bond donors (Lipinski definition) is 2. The molecule has 0 aromatic heterocycles. The second-order valence-corrected chi connectivity index (χ2v) is 5.41. The van der Waals surface area contributed by atoms with Crippen molar-refractivity contribution < 1.29 is 0 Å². The summed E-state index contributed by atoms with van der Waals surface area (Å²) in [5, 5.41) is 3.93. The number of benzene rings is 1. The maximum atomic E-state index is 3.45. The molecule has 1 aromatic rings. The van der Waals surface area contributed by atoms with Crippen LogP contribution in [0.15, 0.2) is 24.3 Å². The molecule has 2 rings (SSSR count). The third-order valence-corrected chi connectivity index (χ3v) is 4.23. The third kappa shape index (κ3) is 3.34. The standard InChI is InChI=1S/C13H20N2S/c1-14-11-7-9-12(10-8-11)15-16-13-5-3-2-4-6-13/h7-10,13-15H,2-6H2,1H3. The predicted octanol–water partition coefficient (Wildman–Crippen LogP) is 4.12. The summed E-state index contributed by atoms with van der Waals surface area (Å²) in [4.78, 5) is 0. The van der Waals surface area contributed by atoms with Crippen LogP contribution in [0, 0.1) is 0 Å². The minimum Gasteiger partial charge on any atom is -0.388 e. The molecule has 1 aromatic carbocycles. The van der Waals surface area contributed by atoms with Crippen LogP contribution >= 0.6 is 11.9 Å². The van der Waals surface area contributed by atoms with Crippen molar-refractivity contribution in [3.8, 4) is 0 Å². The van der Waals surface area contributed by atoms with Gasteiger partial charge in [-0.2, -0.15) is 0 Å². The highest BCUT2D eigenvalue weighted by Gasteiger charge is 2.13. The topological polar surface area (TPSA) is 24.1 Å². The minimum atomic E-state index is 0.803. The molecule has 0 atom stereocenters. The van der Waals surface area contributed by atoms with Gasteiger partial charge in [-0.25, -0.2) is 0 Å². The monoisotopic (exact) mass is 236 g/mol. The lowest BCUT2D eigenvalue weighted by molar-refractivity contribution is 0.516. The fourth-order valence-corrected chi connectivity index (χ4v) is 3.05. The van der Waals surface area contributed by atoms with Crippen molar-refractivity contribution in [1.82, 2.24) is 0 Å². The number of hydrogen-bond acceptors (Lipinski definition) is 3. The molecule has 0 amide bonds. The van der Waals surface area contributed by atoms with Gasteiger partial charge in [-0.3, -0.25) is 0 Å². The predicted molar refractivity (Wildman–Crippen MR) is 74.1 cm³/mol. The van der Waals surface area contributed by atoms with Crippen molar-refractivity contribution in [3.63, 3.8) is 0 Å². The van der Waals surface area contributed by atoms with E-state index in [1.807, 2.05) is 19.0 Å². The zero-order valence-corrected chi connectivity index (χ0v) is 10.6. The van der Waals surface area contributed by atoms with Gasteiger partial charge in [-0.05, 0) is 49.1 Å². The second-order valence-electron chi connectivity index (χ2n) is 4.31. The highest BCUT2D eigenvalue weighted by atomic mass is 32.2. The Balaban J connectivity index is 1.79. The zero-order chi connectivity index (χ0) is 11.2. The Kier molecular flexibility index (Phi) is 4.40. The molecule has 88 valence electrons. The smallest absolute Gasteiger partial charge is 0.0441 e. The summed E-state index contributed by atoms with van der Waals surface area (Å²) < 4.78 is 3.45. The third-order valence-electron chi connectivity index (χ3n) is 3.07. The molecule has 0 heterocycles. The van der Waals surface area contributed by atoms with Crippen LogP contribution in [0.4, 0.5) is 11.4 Å². The zero-order valence-electron chi connectivity index (χ0n) is 9.83. The van der Waals surface area contributed by atoms with E-state index in [0.29, 0.717) is 0 Å². The first-order valence-corrected chi connectivity index (χ1v) is 6.96. The summed E-state index contributed by atoms with van der Waals surface area (Å²) in [7, 11) is 1.94. The first kappa shape index (κ1) is 11.6. The normalized spacial score (nSPS) is 17.1. The fraction of sp³-hybridized carbons (Fsp3) is 0.538. The average molecular weight is 236 g/mol. The molecule has 0 radical (unpaired) electrons. The summed E-state index contributed by atoms with van der Waals surface area (Å²) in [6.07, 6.45) is 6.96. The summed E-state index contributed by atoms with van der Waals surface area (Å²) in [6.45, 7) is 0. The molecule has 0 saturated heterocycles. The fourth-order valence-electron chi connectivity index (χ4n) is 2.04. The van der Waals surface area contributed by atoms with E-state index >= 15 is 0 Å². The van der Waals surface area contributed by atoms with Gasteiger partial charge < -0.3 is 10.0 Å². The van der Waals surface area contributed by atoms with E-state index in [0.717, 1.165) is 10.9 Å². The van der Waals surface area contributed by atoms with Gasteiger partial charge in [0.15, 0.2) is 0 Å².